The van der Waals surface area contributed by atoms with Gasteiger partial charge in [0.15, 0.2) is 5.65 Å². The van der Waals surface area contributed by atoms with E-state index < -0.39 is 0 Å². The highest BCUT2D eigenvalue weighted by molar-refractivity contribution is 6.07. The molecule has 2 heterocycles. The van der Waals surface area contributed by atoms with Crippen molar-refractivity contribution in [2.45, 2.75) is 6.92 Å². The van der Waals surface area contributed by atoms with Crippen molar-refractivity contribution in [1.29, 1.82) is 0 Å². The van der Waals surface area contributed by atoms with Crippen LogP contribution in [0.25, 0.3) is 22.3 Å². The van der Waals surface area contributed by atoms with Gasteiger partial charge < -0.3 is 5.32 Å². The topological polar surface area (TPSA) is 59.8 Å². The monoisotopic (exact) mass is 306 g/mol. The van der Waals surface area contributed by atoms with Crippen LogP contribution in [0.1, 0.15) is 16.1 Å². The molecule has 1 amide bonds. The first-order valence-corrected chi connectivity index (χ1v) is 7.40. The Hall–Kier alpha value is -2.95. The van der Waals surface area contributed by atoms with E-state index in [1.165, 1.54) is 0 Å². The van der Waals surface area contributed by atoms with Crippen molar-refractivity contribution in [3.05, 3.63) is 60.3 Å². The zero-order chi connectivity index (χ0) is 16.4. The van der Waals surface area contributed by atoms with Gasteiger partial charge in [0.25, 0.3) is 5.91 Å². The maximum Gasteiger partial charge on any atom is 0.252 e. The first-order valence-electron chi connectivity index (χ1n) is 7.40. The number of benzene rings is 1. The summed E-state index contributed by atoms with van der Waals surface area (Å²) in [7, 11) is 1.84. The number of pyridine rings is 1. The van der Waals surface area contributed by atoms with Crippen LogP contribution in [0, 0.1) is 6.92 Å². The third kappa shape index (κ3) is 2.73. The van der Waals surface area contributed by atoms with Crippen molar-refractivity contribution in [2.75, 3.05) is 6.54 Å². The summed E-state index contributed by atoms with van der Waals surface area (Å²) in [6.45, 7) is 5.94. The lowest BCUT2D eigenvalue weighted by atomic mass is 10.0. The molecule has 0 unspecified atom stereocenters. The van der Waals surface area contributed by atoms with E-state index in [0.717, 1.165) is 22.3 Å². The van der Waals surface area contributed by atoms with Gasteiger partial charge in [-0.25, -0.2) is 4.98 Å². The first kappa shape index (κ1) is 15.0. The molecule has 0 fully saturated rings. The minimum atomic E-state index is -0.148. The maximum absolute atomic E-state index is 12.5. The van der Waals surface area contributed by atoms with Crippen LogP contribution < -0.4 is 5.32 Å². The van der Waals surface area contributed by atoms with Gasteiger partial charge in [0.1, 0.15) is 0 Å². The SMILES string of the molecule is C=CCNC(=O)c1cc(-c2ccccc2)nc2c1c(C)nn2C. The zero-order valence-electron chi connectivity index (χ0n) is 13.2. The lowest BCUT2D eigenvalue weighted by Gasteiger charge is -2.08. The van der Waals surface area contributed by atoms with Crippen molar-refractivity contribution in [3.8, 4) is 11.3 Å². The number of nitrogens with one attached hydrogen (secondary N) is 1. The fourth-order valence-corrected chi connectivity index (χ4v) is 2.64. The molecule has 0 saturated heterocycles. The normalized spacial score (nSPS) is 10.7. The Kier molecular flexibility index (Phi) is 3.93. The van der Waals surface area contributed by atoms with E-state index in [4.69, 9.17) is 0 Å². The molecule has 0 radical (unpaired) electrons. The minimum Gasteiger partial charge on any atom is -0.349 e. The molecule has 1 aromatic carbocycles. The average molecular weight is 306 g/mol. The first-order chi connectivity index (χ1) is 11.1. The minimum absolute atomic E-state index is 0.148. The largest absolute Gasteiger partial charge is 0.349 e. The molecule has 0 aliphatic carbocycles. The number of rotatable bonds is 4. The summed E-state index contributed by atoms with van der Waals surface area (Å²) in [5.74, 6) is -0.148. The summed E-state index contributed by atoms with van der Waals surface area (Å²) in [5.41, 5.74) is 3.79. The highest BCUT2D eigenvalue weighted by atomic mass is 16.1. The molecule has 5 nitrogen and oxygen atoms in total. The van der Waals surface area contributed by atoms with E-state index in [1.807, 2.05) is 50.4 Å². The number of carbonyl (C=O) groups excluding carboxylic acids is 1. The Labute approximate surface area is 134 Å². The predicted molar refractivity (Wildman–Crippen MR) is 91.2 cm³/mol. The van der Waals surface area contributed by atoms with Crippen LogP contribution in [0.2, 0.25) is 0 Å². The van der Waals surface area contributed by atoms with Crippen molar-refractivity contribution in [3.63, 3.8) is 0 Å². The summed E-state index contributed by atoms with van der Waals surface area (Å²) in [5, 5.41) is 8.02. The molecular formula is C18H18N4O. The van der Waals surface area contributed by atoms with Gasteiger partial charge in [0.2, 0.25) is 0 Å². The number of carbonyl (C=O) groups is 1. The average Bonchev–Trinajstić information content (AvgIpc) is 2.87. The van der Waals surface area contributed by atoms with Crippen LogP contribution in [-0.4, -0.2) is 27.2 Å². The Morgan fingerprint density at radius 1 is 1.35 bits per heavy atom. The number of nitrogens with zero attached hydrogens (tertiary/aromatic N) is 3. The standard InChI is InChI=1S/C18H18N4O/c1-4-10-19-18(23)14-11-15(13-8-6-5-7-9-13)20-17-16(14)12(2)21-22(17)3/h4-9,11H,1,10H2,2-3H3,(H,19,23). The van der Waals surface area contributed by atoms with Crippen molar-refractivity contribution in [1.82, 2.24) is 20.1 Å². The molecule has 23 heavy (non-hydrogen) atoms. The molecule has 0 bridgehead atoms. The molecule has 0 saturated carbocycles. The summed E-state index contributed by atoms with van der Waals surface area (Å²) >= 11 is 0. The molecule has 0 aliphatic rings. The van der Waals surface area contributed by atoms with Crippen LogP contribution in [0.3, 0.4) is 0 Å². The highest BCUT2D eigenvalue weighted by Gasteiger charge is 2.18. The van der Waals surface area contributed by atoms with Crippen LogP contribution >= 0.6 is 0 Å². The number of hydrogen-bond acceptors (Lipinski definition) is 3. The molecule has 5 heteroatoms. The molecule has 0 spiro atoms. The number of fused-ring (bicyclic) bond motifs is 1. The summed E-state index contributed by atoms with van der Waals surface area (Å²) in [6, 6.07) is 11.6. The Balaban J connectivity index is 2.23. The van der Waals surface area contributed by atoms with E-state index in [1.54, 1.807) is 10.8 Å². The van der Waals surface area contributed by atoms with E-state index in [0.29, 0.717) is 17.8 Å². The van der Waals surface area contributed by atoms with Gasteiger partial charge in [-0.3, -0.25) is 9.48 Å². The van der Waals surface area contributed by atoms with Crippen LogP contribution in [0.5, 0.6) is 0 Å². The van der Waals surface area contributed by atoms with E-state index >= 15 is 0 Å². The van der Waals surface area contributed by atoms with Crippen LogP contribution in [0.15, 0.2) is 49.1 Å². The lowest BCUT2D eigenvalue weighted by molar-refractivity contribution is 0.0959. The maximum atomic E-state index is 12.5. The number of aryl methyl sites for hydroxylation is 2. The third-order valence-electron chi connectivity index (χ3n) is 3.69. The summed E-state index contributed by atoms with van der Waals surface area (Å²) in [6.07, 6.45) is 1.66. The lowest BCUT2D eigenvalue weighted by Crippen LogP contribution is -2.23. The summed E-state index contributed by atoms with van der Waals surface area (Å²) in [4.78, 5) is 17.2. The van der Waals surface area contributed by atoms with E-state index in [-0.39, 0.29) is 5.91 Å². The molecule has 0 atom stereocenters. The molecule has 3 rings (SSSR count). The molecular weight excluding hydrogens is 288 g/mol. The van der Waals surface area contributed by atoms with Gasteiger partial charge >= 0.3 is 0 Å². The van der Waals surface area contributed by atoms with Gasteiger partial charge in [-0.2, -0.15) is 5.10 Å². The van der Waals surface area contributed by atoms with E-state index in [2.05, 4.69) is 22.0 Å². The van der Waals surface area contributed by atoms with Gasteiger partial charge in [-0.1, -0.05) is 36.4 Å². The number of aromatic nitrogens is 3. The molecule has 3 aromatic rings. The van der Waals surface area contributed by atoms with Crippen LogP contribution in [-0.2, 0) is 7.05 Å². The molecule has 2 aromatic heterocycles. The van der Waals surface area contributed by atoms with Gasteiger partial charge in [0.05, 0.1) is 22.3 Å². The molecule has 1 N–H and O–H groups in total. The zero-order valence-corrected chi connectivity index (χ0v) is 13.2. The number of amides is 1. The Morgan fingerprint density at radius 3 is 2.78 bits per heavy atom. The third-order valence-corrected chi connectivity index (χ3v) is 3.69. The highest BCUT2D eigenvalue weighted by Crippen LogP contribution is 2.26. The van der Waals surface area contributed by atoms with Gasteiger partial charge in [0, 0.05) is 19.2 Å². The smallest absolute Gasteiger partial charge is 0.252 e. The second-order valence-corrected chi connectivity index (χ2v) is 5.33. The van der Waals surface area contributed by atoms with Gasteiger partial charge in [-0.05, 0) is 13.0 Å². The Bertz CT molecular complexity index is 881. The quantitative estimate of drug-likeness (QED) is 0.754. The number of hydrogen-bond donors (Lipinski definition) is 1. The second kappa shape index (κ2) is 6.04. The predicted octanol–water partition coefficient (Wildman–Crippen LogP) is 2.86. The van der Waals surface area contributed by atoms with Crippen molar-refractivity contribution >= 4 is 16.9 Å². The van der Waals surface area contributed by atoms with Crippen molar-refractivity contribution < 1.29 is 4.79 Å². The van der Waals surface area contributed by atoms with Crippen molar-refractivity contribution in [2.24, 2.45) is 7.05 Å². The summed E-state index contributed by atoms with van der Waals surface area (Å²) < 4.78 is 1.71. The second-order valence-electron chi connectivity index (χ2n) is 5.33. The van der Waals surface area contributed by atoms with Gasteiger partial charge in [-0.15, -0.1) is 6.58 Å². The van der Waals surface area contributed by atoms with E-state index in [9.17, 15) is 4.79 Å². The fourth-order valence-electron chi connectivity index (χ4n) is 2.64. The van der Waals surface area contributed by atoms with Crippen LogP contribution in [0.4, 0.5) is 0 Å². The Morgan fingerprint density at radius 2 is 2.09 bits per heavy atom. The fraction of sp³-hybridized carbons (Fsp3) is 0.167. The molecule has 0 aliphatic heterocycles. The molecule has 116 valence electrons.